The van der Waals surface area contributed by atoms with Crippen LogP contribution in [0.1, 0.15) is 31.2 Å². The maximum absolute atomic E-state index is 5.94. The second kappa shape index (κ2) is 8.75. The van der Waals surface area contributed by atoms with Crippen molar-refractivity contribution in [3.63, 3.8) is 0 Å². The fourth-order valence-electron chi connectivity index (χ4n) is 2.20. The maximum Gasteiger partial charge on any atom is 0.159 e. The SMILES string of the molecule is [SiH3]C#CC(C/C=C/c1ccccc1)OC1CCCCO1. The minimum Gasteiger partial charge on any atom is -0.353 e. The van der Waals surface area contributed by atoms with Gasteiger partial charge >= 0.3 is 0 Å². The highest BCUT2D eigenvalue weighted by atomic mass is 28.1. The van der Waals surface area contributed by atoms with Crippen LogP contribution in [0.5, 0.6) is 0 Å². The highest BCUT2D eigenvalue weighted by molar-refractivity contribution is 6.22. The van der Waals surface area contributed by atoms with E-state index in [0.29, 0.717) is 0 Å². The summed E-state index contributed by atoms with van der Waals surface area (Å²) in [6.45, 7) is 0.811. The molecule has 1 aliphatic rings. The minimum absolute atomic E-state index is 0.0458. The molecule has 3 heteroatoms. The number of hydrogen-bond donors (Lipinski definition) is 0. The van der Waals surface area contributed by atoms with Gasteiger partial charge in [0.25, 0.3) is 0 Å². The van der Waals surface area contributed by atoms with E-state index in [-0.39, 0.29) is 12.4 Å². The molecule has 1 fully saturated rings. The summed E-state index contributed by atoms with van der Waals surface area (Å²) in [6, 6.07) is 10.3. The lowest BCUT2D eigenvalue weighted by atomic mass is 10.1. The van der Waals surface area contributed by atoms with Crippen LogP contribution in [0.2, 0.25) is 0 Å². The van der Waals surface area contributed by atoms with Crippen molar-refractivity contribution >= 4 is 16.3 Å². The molecule has 1 heterocycles. The van der Waals surface area contributed by atoms with Crippen molar-refractivity contribution in [1.82, 2.24) is 0 Å². The highest BCUT2D eigenvalue weighted by Crippen LogP contribution is 2.16. The van der Waals surface area contributed by atoms with Crippen LogP contribution in [0.25, 0.3) is 6.08 Å². The van der Waals surface area contributed by atoms with Crippen molar-refractivity contribution in [2.45, 2.75) is 38.1 Å². The molecule has 0 spiro atoms. The average molecular weight is 286 g/mol. The maximum atomic E-state index is 5.94. The molecule has 0 aliphatic carbocycles. The van der Waals surface area contributed by atoms with Gasteiger partial charge in [-0.2, -0.15) is 0 Å². The van der Waals surface area contributed by atoms with E-state index in [0.717, 1.165) is 36.1 Å². The van der Waals surface area contributed by atoms with Crippen LogP contribution in [0, 0.1) is 11.5 Å². The summed E-state index contributed by atoms with van der Waals surface area (Å²) in [7, 11) is 0.884. The van der Waals surface area contributed by atoms with E-state index in [2.05, 4.69) is 35.7 Å². The highest BCUT2D eigenvalue weighted by Gasteiger charge is 2.17. The van der Waals surface area contributed by atoms with E-state index < -0.39 is 0 Å². The predicted molar refractivity (Wildman–Crippen MR) is 86.3 cm³/mol. The average Bonchev–Trinajstić information content (AvgIpc) is 2.49. The van der Waals surface area contributed by atoms with Gasteiger partial charge in [-0.25, -0.2) is 0 Å². The lowest BCUT2D eigenvalue weighted by Gasteiger charge is -2.25. The minimum atomic E-state index is -0.0682. The second-order valence-electron chi connectivity index (χ2n) is 4.86. The molecular weight excluding hydrogens is 264 g/mol. The molecule has 2 nitrogen and oxygen atoms in total. The third-order valence-corrected chi connectivity index (χ3v) is 3.51. The molecule has 1 aromatic carbocycles. The lowest BCUT2D eigenvalue weighted by molar-refractivity contribution is -0.175. The zero-order valence-corrected chi connectivity index (χ0v) is 14.0. The molecule has 1 aliphatic heterocycles. The van der Waals surface area contributed by atoms with Crippen molar-refractivity contribution < 1.29 is 9.47 Å². The number of rotatable bonds is 5. The van der Waals surface area contributed by atoms with Gasteiger partial charge in [0.1, 0.15) is 6.10 Å². The zero-order valence-electron chi connectivity index (χ0n) is 12.0. The van der Waals surface area contributed by atoms with Crippen LogP contribution in [0.4, 0.5) is 0 Å². The first-order valence-corrected chi connectivity index (χ1v) is 8.29. The van der Waals surface area contributed by atoms with Gasteiger partial charge in [-0.3, -0.25) is 0 Å². The van der Waals surface area contributed by atoms with Gasteiger partial charge in [0.05, 0.1) is 10.2 Å². The molecule has 2 unspecified atom stereocenters. The van der Waals surface area contributed by atoms with Crippen LogP contribution in [-0.2, 0) is 9.47 Å². The number of benzene rings is 1. The van der Waals surface area contributed by atoms with E-state index in [1.807, 2.05) is 18.2 Å². The number of ether oxygens (including phenoxy) is 2. The summed E-state index contributed by atoms with van der Waals surface area (Å²) < 4.78 is 11.6. The molecule has 1 aromatic rings. The molecule has 0 saturated carbocycles. The van der Waals surface area contributed by atoms with Gasteiger partial charge in [0, 0.05) is 13.0 Å². The standard InChI is InChI=1S/C17H22O2Si/c20-14-12-16(19-17-11-4-5-13-18-17)10-6-9-15-7-2-1-3-8-15/h1-3,6-9,16-17H,4-5,10-11,13H2,20H3/b9-6+. The fourth-order valence-corrected chi connectivity index (χ4v) is 2.53. The van der Waals surface area contributed by atoms with Crippen LogP contribution in [-0.4, -0.2) is 29.2 Å². The van der Waals surface area contributed by atoms with Gasteiger partial charge in [0.2, 0.25) is 0 Å². The zero-order chi connectivity index (χ0) is 14.0. The second-order valence-corrected chi connectivity index (χ2v) is 5.36. The van der Waals surface area contributed by atoms with Gasteiger partial charge in [0.15, 0.2) is 6.29 Å². The molecule has 20 heavy (non-hydrogen) atoms. The van der Waals surface area contributed by atoms with Gasteiger partial charge in [-0.1, -0.05) is 48.4 Å². The van der Waals surface area contributed by atoms with Crippen LogP contribution >= 0.6 is 0 Å². The Morgan fingerprint density at radius 1 is 1.35 bits per heavy atom. The predicted octanol–water partition coefficient (Wildman–Crippen LogP) is 2.33. The van der Waals surface area contributed by atoms with Crippen molar-refractivity contribution in [2.75, 3.05) is 6.61 Å². The van der Waals surface area contributed by atoms with E-state index in [9.17, 15) is 0 Å². The molecule has 2 rings (SSSR count). The van der Waals surface area contributed by atoms with Gasteiger partial charge in [-0.05, 0) is 24.8 Å². The Kier molecular flexibility index (Phi) is 6.59. The molecule has 0 aromatic heterocycles. The Bertz CT molecular complexity index is 467. The summed E-state index contributed by atoms with van der Waals surface area (Å²) in [4.78, 5) is 0. The number of hydrogen-bond acceptors (Lipinski definition) is 2. The molecule has 0 bridgehead atoms. The Balaban J connectivity index is 1.85. The molecular formula is C17H22O2Si. The molecule has 106 valence electrons. The lowest BCUT2D eigenvalue weighted by Crippen LogP contribution is -2.27. The topological polar surface area (TPSA) is 18.5 Å². The molecule has 0 radical (unpaired) electrons. The van der Waals surface area contributed by atoms with Gasteiger partial charge < -0.3 is 9.47 Å². The third-order valence-electron chi connectivity index (χ3n) is 3.22. The Morgan fingerprint density at radius 2 is 2.20 bits per heavy atom. The summed E-state index contributed by atoms with van der Waals surface area (Å²) >= 11 is 0. The molecule has 2 atom stereocenters. The van der Waals surface area contributed by atoms with E-state index in [1.54, 1.807) is 0 Å². The van der Waals surface area contributed by atoms with E-state index in [4.69, 9.17) is 9.47 Å². The van der Waals surface area contributed by atoms with E-state index in [1.165, 1.54) is 12.0 Å². The normalized spacial score (nSPS) is 20.5. The van der Waals surface area contributed by atoms with Crippen LogP contribution in [0.15, 0.2) is 36.4 Å². The van der Waals surface area contributed by atoms with Crippen molar-refractivity contribution in [2.24, 2.45) is 0 Å². The van der Waals surface area contributed by atoms with Crippen molar-refractivity contribution in [1.29, 1.82) is 0 Å². The summed E-state index contributed by atoms with van der Waals surface area (Å²) in [5.41, 5.74) is 4.29. The monoisotopic (exact) mass is 286 g/mol. The summed E-state index contributed by atoms with van der Waals surface area (Å²) in [5.74, 6) is 3.17. The molecule has 1 saturated heterocycles. The smallest absolute Gasteiger partial charge is 0.159 e. The van der Waals surface area contributed by atoms with E-state index >= 15 is 0 Å². The third kappa shape index (κ3) is 5.34. The quantitative estimate of drug-likeness (QED) is 0.611. The Hall–Kier alpha value is -1.34. The molecule has 0 amide bonds. The van der Waals surface area contributed by atoms with Gasteiger partial charge in [-0.15, -0.1) is 5.54 Å². The van der Waals surface area contributed by atoms with Crippen LogP contribution in [0.3, 0.4) is 0 Å². The summed E-state index contributed by atoms with van der Waals surface area (Å²) in [6.07, 6.45) is 8.26. The van der Waals surface area contributed by atoms with Crippen molar-refractivity contribution in [3.8, 4) is 11.5 Å². The Labute approximate surface area is 124 Å². The fraction of sp³-hybridized carbons (Fsp3) is 0.412. The first kappa shape index (κ1) is 15.1. The summed E-state index contributed by atoms with van der Waals surface area (Å²) in [5, 5.41) is 0. The first-order chi connectivity index (χ1) is 9.88. The van der Waals surface area contributed by atoms with Crippen molar-refractivity contribution in [3.05, 3.63) is 42.0 Å². The largest absolute Gasteiger partial charge is 0.353 e. The molecule has 0 N–H and O–H groups in total. The first-order valence-electron chi connectivity index (χ1n) is 7.29. The Morgan fingerprint density at radius 3 is 2.90 bits per heavy atom. The van der Waals surface area contributed by atoms with Crippen LogP contribution < -0.4 is 0 Å².